The lowest BCUT2D eigenvalue weighted by Gasteiger charge is -2.11. The van der Waals surface area contributed by atoms with Gasteiger partial charge in [0.2, 0.25) is 0 Å². The Bertz CT molecular complexity index is 394. The van der Waals surface area contributed by atoms with Gasteiger partial charge in [-0.05, 0) is 38.6 Å². The van der Waals surface area contributed by atoms with Gasteiger partial charge >= 0.3 is 0 Å². The molecule has 1 fully saturated rings. The van der Waals surface area contributed by atoms with Crippen molar-refractivity contribution in [3.63, 3.8) is 0 Å². The van der Waals surface area contributed by atoms with Gasteiger partial charge in [-0.3, -0.25) is 4.68 Å². The van der Waals surface area contributed by atoms with Crippen molar-refractivity contribution < 1.29 is 0 Å². The summed E-state index contributed by atoms with van der Waals surface area (Å²) in [4.78, 5) is 0. The predicted octanol–water partition coefficient (Wildman–Crippen LogP) is 3.51. The third-order valence-electron chi connectivity index (χ3n) is 3.95. The van der Waals surface area contributed by atoms with Crippen LogP contribution >= 0.6 is 11.8 Å². The first kappa shape index (κ1) is 14.9. The van der Waals surface area contributed by atoms with Gasteiger partial charge in [0, 0.05) is 24.9 Å². The zero-order valence-corrected chi connectivity index (χ0v) is 13.4. The van der Waals surface area contributed by atoms with Crippen LogP contribution in [0, 0.1) is 12.8 Å². The monoisotopic (exact) mass is 281 g/mol. The number of nitrogens with zero attached hydrogens (tertiary/aromatic N) is 2. The summed E-state index contributed by atoms with van der Waals surface area (Å²) in [5.74, 6) is 2.19. The van der Waals surface area contributed by atoms with Crippen molar-refractivity contribution in [1.82, 2.24) is 15.1 Å². The van der Waals surface area contributed by atoms with Gasteiger partial charge in [-0.15, -0.1) is 11.8 Å². The number of aromatic nitrogens is 2. The van der Waals surface area contributed by atoms with Crippen molar-refractivity contribution in [3.05, 3.63) is 11.3 Å². The molecule has 0 saturated heterocycles. The van der Waals surface area contributed by atoms with E-state index in [2.05, 4.69) is 36.0 Å². The molecule has 0 bridgehead atoms. The van der Waals surface area contributed by atoms with Crippen LogP contribution < -0.4 is 5.32 Å². The maximum absolute atomic E-state index is 4.59. The fraction of sp³-hybridized carbons (Fsp3) is 0.800. The largest absolute Gasteiger partial charge is 0.313 e. The first-order valence-corrected chi connectivity index (χ1v) is 8.57. The van der Waals surface area contributed by atoms with Gasteiger partial charge in [-0.2, -0.15) is 5.10 Å². The highest BCUT2D eigenvalue weighted by Gasteiger charge is 2.18. The van der Waals surface area contributed by atoms with Crippen LogP contribution in [0.4, 0.5) is 0 Å². The van der Waals surface area contributed by atoms with Crippen LogP contribution in [0.2, 0.25) is 0 Å². The van der Waals surface area contributed by atoms with Gasteiger partial charge in [0.05, 0.1) is 10.7 Å². The minimum absolute atomic E-state index is 0.927. The second-order valence-corrected chi connectivity index (χ2v) is 6.64. The summed E-state index contributed by atoms with van der Waals surface area (Å²) >= 11 is 2.01. The topological polar surface area (TPSA) is 29.9 Å². The zero-order chi connectivity index (χ0) is 13.7. The van der Waals surface area contributed by atoms with Crippen LogP contribution in [0.1, 0.15) is 50.3 Å². The van der Waals surface area contributed by atoms with Crippen LogP contribution in [-0.2, 0) is 13.6 Å². The Balaban J connectivity index is 1.96. The highest BCUT2D eigenvalue weighted by molar-refractivity contribution is 7.99. The van der Waals surface area contributed by atoms with Crippen molar-refractivity contribution >= 4 is 11.8 Å². The number of rotatable bonds is 7. The quantitative estimate of drug-likeness (QED) is 0.613. The van der Waals surface area contributed by atoms with E-state index in [4.69, 9.17) is 0 Å². The summed E-state index contributed by atoms with van der Waals surface area (Å²) in [6, 6.07) is 0. The number of nitrogens with one attached hydrogen (secondary N) is 1. The second-order valence-electron chi connectivity index (χ2n) is 5.63. The van der Waals surface area contributed by atoms with Gasteiger partial charge < -0.3 is 5.32 Å². The molecule has 1 aliphatic rings. The molecule has 1 saturated carbocycles. The molecule has 1 N–H and O–H groups in total. The Hall–Kier alpha value is -0.480. The molecule has 0 amide bonds. The fourth-order valence-corrected chi connectivity index (χ4v) is 4.18. The van der Waals surface area contributed by atoms with Gasteiger partial charge in [-0.25, -0.2) is 0 Å². The molecular weight excluding hydrogens is 254 g/mol. The maximum Gasteiger partial charge on any atom is 0.0984 e. The van der Waals surface area contributed by atoms with E-state index in [0.717, 1.165) is 19.0 Å². The van der Waals surface area contributed by atoms with E-state index >= 15 is 0 Å². The number of aryl methyl sites for hydroxylation is 2. The highest BCUT2D eigenvalue weighted by Crippen LogP contribution is 2.32. The molecule has 0 aromatic carbocycles. The molecule has 3 nitrogen and oxygen atoms in total. The molecule has 1 aromatic heterocycles. The van der Waals surface area contributed by atoms with E-state index in [1.807, 2.05) is 11.8 Å². The van der Waals surface area contributed by atoms with Crippen LogP contribution in [0.5, 0.6) is 0 Å². The molecular formula is C15H27N3S. The third-order valence-corrected chi connectivity index (χ3v) is 5.37. The summed E-state index contributed by atoms with van der Waals surface area (Å²) in [6.45, 7) is 6.38. The smallest absolute Gasteiger partial charge is 0.0984 e. The predicted molar refractivity (Wildman–Crippen MR) is 82.6 cm³/mol. The summed E-state index contributed by atoms with van der Waals surface area (Å²) in [6.07, 6.45) is 6.89. The maximum atomic E-state index is 4.59. The molecule has 2 rings (SSSR count). The van der Waals surface area contributed by atoms with E-state index in [1.54, 1.807) is 0 Å². The van der Waals surface area contributed by atoms with Gasteiger partial charge in [-0.1, -0.05) is 19.8 Å². The number of thioether (sulfide) groups is 1. The molecule has 0 aliphatic heterocycles. The van der Waals surface area contributed by atoms with Crippen LogP contribution in [0.3, 0.4) is 0 Å². The van der Waals surface area contributed by atoms with Crippen molar-refractivity contribution in [2.24, 2.45) is 13.0 Å². The Morgan fingerprint density at radius 3 is 2.79 bits per heavy atom. The van der Waals surface area contributed by atoms with Crippen molar-refractivity contribution in [3.8, 4) is 0 Å². The molecule has 1 aromatic rings. The summed E-state index contributed by atoms with van der Waals surface area (Å²) in [5, 5.41) is 9.47. The molecule has 108 valence electrons. The number of hydrogen-bond acceptors (Lipinski definition) is 3. The van der Waals surface area contributed by atoms with Gasteiger partial charge in [0.15, 0.2) is 0 Å². The second kappa shape index (κ2) is 7.34. The fourth-order valence-electron chi connectivity index (χ4n) is 2.83. The van der Waals surface area contributed by atoms with E-state index in [0.29, 0.717) is 0 Å². The molecule has 4 heteroatoms. The molecule has 0 atom stereocenters. The van der Waals surface area contributed by atoms with Crippen molar-refractivity contribution in [2.45, 2.75) is 57.5 Å². The summed E-state index contributed by atoms with van der Waals surface area (Å²) in [7, 11) is 2.08. The van der Waals surface area contributed by atoms with Gasteiger partial charge in [0.25, 0.3) is 0 Å². The summed E-state index contributed by atoms with van der Waals surface area (Å²) < 4.78 is 2.07. The van der Waals surface area contributed by atoms with Crippen LogP contribution in [0.25, 0.3) is 0 Å². The molecule has 0 unspecified atom stereocenters. The Labute approximate surface area is 121 Å². The lowest BCUT2D eigenvalue weighted by Crippen LogP contribution is -2.15. The SMILES string of the molecule is CCCNCc1c(C)nn(C)c1SCC1CCCC1. The molecule has 0 radical (unpaired) electrons. The van der Waals surface area contributed by atoms with Gasteiger partial charge in [0.1, 0.15) is 0 Å². The molecule has 1 aliphatic carbocycles. The number of hydrogen-bond donors (Lipinski definition) is 1. The highest BCUT2D eigenvalue weighted by atomic mass is 32.2. The Morgan fingerprint density at radius 2 is 2.11 bits per heavy atom. The standard InChI is InChI=1S/C15H27N3S/c1-4-9-16-10-14-12(2)17-18(3)15(14)19-11-13-7-5-6-8-13/h13,16H,4-11H2,1-3H3. The average Bonchev–Trinajstić information content (AvgIpc) is 2.97. The third kappa shape index (κ3) is 3.99. The van der Waals surface area contributed by atoms with E-state index in [9.17, 15) is 0 Å². The van der Waals surface area contributed by atoms with E-state index in [-0.39, 0.29) is 0 Å². The van der Waals surface area contributed by atoms with Crippen molar-refractivity contribution in [1.29, 1.82) is 0 Å². The zero-order valence-electron chi connectivity index (χ0n) is 12.5. The van der Waals surface area contributed by atoms with E-state index < -0.39 is 0 Å². The molecule has 0 spiro atoms. The summed E-state index contributed by atoms with van der Waals surface area (Å²) in [5.41, 5.74) is 2.58. The average molecular weight is 281 g/mol. The van der Waals surface area contributed by atoms with Crippen LogP contribution in [0.15, 0.2) is 5.03 Å². The van der Waals surface area contributed by atoms with Crippen LogP contribution in [-0.4, -0.2) is 22.1 Å². The normalized spacial score (nSPS) is 16.4. The lowest BCUT2D eigenvalue weighted by molar-refractivity contribution is 0.618. The first-order chi connectivity index (χ1) is 9.22. The lowest BCUT2D eigenvalue weighted by atomic mass is 10.1. The Morgan fingerprint density at radius 1 is 1.37 bits per heavy atom. The van der Waals surface area contributed by atoms with Crippen molar-refractivity contribution in [2.75, 3.05) is 12.3 Å². The Kier molecular flexibility index (Phi) is 5.76. The minimum atomic E-state index is 0.927. The minimum Gasteiger partial charge on any atom is -0.313 e. The van der Waals surface area contributed by atoms with E-state index in [1.165, 1.54) is 54.1 Å². The molecule has 1 heterocycles. The molecule has 19 heavy (non-hydrogen) atoms. The first-order valence-electron chi connectivity index (χ1n) is 7.58.